The Labute approximate surface area is 167 Å². The standard InChI is InChI=1S/C18H22IN7O/c1-20-18-19-8-13(9-21-18)15-23-16(25-4-6-27-7-5-25)14-17(24-15)26(11-22-14)10-12-2-3-12/h8-9,11-12H,2-7,10H2,1H3,(H,20,21). The number of hydrogen-bond donors (Lipinski definition) is 1. The number of imidazole rings is 1. The lowest BCUT2D eigenvalue weighted by Crippen LogP contribution is -2.37. The largest absolute Gasteiger partial charge is 0.378 e. The maximum atomic E-state index is 5.52. The van der Waals surface area contributed by atoms with Crippen molar-refractivity contribution >= 4 is 53.3 Å². The summed E-state index contributed by atoms with van der Waals surface area (Å²) >= 11 is -0.278. The van der Waals surface area contributed by atoms with Crippen LogP contribution in [0.3, 0.4) is 0 Å². The quantitative estimate of drug-likeness (QED) is 0.659. The summed E-state index contributed by atoms with van der Waals surface area (Å²) in [7, 11) is 1.92. The molecule has 2 fully saturated rings. The predicted molar refractivity (Wildman–Crippen MR) is 116 cm³/mol. The van der Waals surface area contributed by atoms with Crippen molar-refractivity contribution in [1.29, 1.82) is 0 Å². The van der Waals surface area contributed by atoms with Crippen molar-refractivity contribution in [3.8, 4) is 0 Å². The number of rotatable bonds is 5. The SMILES string of the molecule is CNC1=IC=C(c2nc(N3CCOCC3)c3ncn(CC4CC4)c3n2)C=N1. The lowest BCUT2D eigenvalue weighted by Gasteiger charge is -2.28. The molecule has 8 nitrogen and oxygen atoms in total. The Morgan fingerprint density at radius 1 is 1.26 bits per heavy atom. The number of ether oxygens (including phenoxy) is 1. The second-order valence-electron chi connectivity index (χ2n) is 6.96. The van der Waals surface area contributed by atoms with Gasteiger partial charge in [0.2, 0.25) is 0 Å². The van der Waals surface area contributed by atoms with Crippen molar-refractivity contribution in [2.75, 3.05) is 38.3 Å². The molecule has 0 aromatic carbocycles. The van der Waals surface area contributed by atoms with Crippen LogP contribution in [0.15, 0.2) is 15.4 Å². The molecule has 0 radical (unpaired) electrons. The molecule has 0 amide bonds. The fourth-order valence-electron chi connectivity index (χ4n) is 3.28. The van der Waals surface area contributed by atoms with Gasteiger partial charge in [-0.2, -0.15) is 0 Å². The van der Waals surface area contributed by atoms with Crippen LogP contribution in [0.2, 0.25) is 0 Å². The molecule has 1 N–H and O–H groups in total. The van der Waals surface area contributed by atoms with E-state index in [4.69, 9.17) is 14.7 Å². The Bertz CT molecular complexity index is 954. The Hall–Kier alpha value is -1.72. The Kier molecular flexibility index (Phi) is 4.74. The molecule has 1 saturated carbocycles. The molecule has 2 aliphatic heterocycles. The number of aromatic nitrogens is 4. The first-order chi connectivity index (χ1) is 13.3. The van der Waals surface area contributed by atoms with E-state index in [0.29, 0.717) is 0 Å². The van der Waals surface area contributed by atoms with E-state index in [-0.39, 0.29) is 20.7 Å². The second-order valence-corrected chi connectivity index (χ2v) is 9.22. The molecular weight excluding hydrogens is 457 g/mol. The van der Waals surface area contributed by atoms with E-state index in [1.165, 1.54) is 12.8 Å². The van der Waals surface area contributed by atoms with Gasteiger partial charge in [0.25, 0.3) is 0 Å². The number of allylic oxidation sites excluding steroid dienone is 1. The average Bonchev–Trinajstić information content (AvgIpc) is 3.47. The van der Waals surface area contributed by atoms with Crippen LogP contribution in [0.5, 0.6) is 0 Å². The van der Waals surface area contributed by atoms with Gasteiger partial charge in [0, 0.05) is 31.4 Å². The van der Waals surface area contributed by atoms with E-state index < -0.39 is 0 Å². The average molecular weight is 479 g/mol. The zero-order chi connectivity index (χ0) is 18.2. The smallest absolute Gasteiger partial charge is 0.166 e. The highest BCUT2D eigenvalue weighted by Gasteiger charge is 2.25. The molecule has 0 bridgehead atoms. The molecule has 1 saturated heterocycles. The van der Waals surface area contributed by atoms with Crippen molar-refractivity contribution in [2.24, 2.45) is 10.9 Å². The van der Waals surface area contributed by atoms with E-state index in [1.807, 2.05) is 19.6 Å². The van der Waals surface area contributed by atoms with Gasteiger partial charge in [0.1, 0.15) is 3.76 Å². The zero-order valence-electron chi connectivity index (χ0n) is 15.2. The third-order valence-electron chi connectivity index (χ3n) is 4.96. The van der Waals surface area contributed by atoms with E-state index in [0.717, 1.165) is 70.9 Å². The molecule has 0 atom stereocenters. The lowest BCUT2D eigenvalue weighted by molar-refractivity contribution is 0.122. The predicted octanol–water partition coefficient (Wildman–Crippen LogP) is 1.78. The summed E-state index contributed by atoms with van der Waals surface area (Å²) < 4.78 is 11.0. The number of nitrogens with zero attached hydrogens (tertiary/aromatic N) is 6. The molecule has 0 unspecified atom stereocenters. The number of aliphatic imine (C=N–C) groups is 1. The molecule has 1 aliphatic carbocycles. The van der Waals surface area contributed by atoms with Gasteiger partial charge in [-0.15, -0.1) is 0 Å². The highest BCUT2D eigenvalue weighted by atomic mass is 127. The highest BCUT2D eigenvalue weighted by Crippen LogP contribution is 2.33. The van der Waals surface area contributed by atoms with Crippen LogP contribution in [-0.2, 0) is 11.3 Å². The number of nitrogens with one attached hydrogen (secondary N) is 1. The van der Waals surface area contributed by atoms with Crippen LogP contribution in [0.4, 0.5) is 5.82 Å². The Morgan fingerprint density at radius 3 is 2.81 bits per heavy atom. The van der Waals surface area contributed by atoms with Crippen LogP contribution in [0, 0.1) is 5.92 Å². The zero-order valence-corrected chi connectivity index (χ0v) is 17.4. The molecule has 9 heteroatoms. The van der Waals surface area contributed by atoms with Crippen LogP contribution < -0.4 is 10.2 Å². The summed E-state index contributed by atoms with van der Waals surface area (Å²) in [6.45, 7) is 4.10. The van der Waals surface area contributed by atoms with Gasteiger partial charge in [0.15, 0.2) is 22.8 Å². The van der Waals surface area contributed by atoms with Crippen molar-refractivity contribution in [3.63, 3.8) is 0 Å². The first-order valence-corrected chi connectivity index (χ1v) is 11.6. The van der Waals surface area contributed by atoms with Crippen LogP contribution in [0.1, 0.15) is 18.7 Å². The third kappa shape index (κ3) is 3.55. The van der Waals surface area contributed by atoms with Gasteiger partial charge in [-0.1, -0.05) is 20.7 Å². The Balaban J connectivity index is 1.61. The molecule has 0 spiro atoms. The number of hydrogen-bond acceptors (Lipinski definition) is 7. The normalized spacial score (nSPS) is 20.4. The summed E-state index contributed by atoms with van der Waals surface area (Å²) in [5.41, 5.74) is 2.84. The molecule has 142 valence electrons. The topological polar surface area (TPSA) is 80.5 Å². The number of anilines is 1. The third-order valence-corrected chi connectivity index (χ3v) is 7.36. The monoisotopic (exact) mass is 479 g/mol. The maximum Gasteiger partial charge on any atom is 0.166 e. The Morgan fingerprint density at radius 2 is 2.11 bits per heavy atom. The summed E-state index contributed by atoms with van der Waals surface area (Å²) in [6.07, 6.45) is 6.41. The van der Waals surface area contributed by atoms with E-state index >= 15 is 0 Å². The van der Waals surface area contributed by atoms with E-state index in [2.05, 4.69) is 28.8 Å². The highest BCUT2D eigenvalue weighted by molar-refractivity contribution is 14.2. The first kappa shape index (κ1) is 17.4. The van der Waals surface area contributed by atoms with Crippen LogP contribution >= 0.6 is 20.7 Å². The molecule has 2 aromatic rings. The minimum absolute atomic E-state index is 0.278. The van der Waals surface area contributed by atoms with E-state index in [1.54, 1.807) is 0 Å². The second kappa shape index (κ2) is 7.36. The van der Waals surface area contributed by atoms with Gasteiger partial charge < -0.3 is 14.2 Å². The van der Waals surface area contributed by atoms with Gasteiger partial charge in [-0.3, -0.25) is 5.32 Å². The van der Waals surface area contributed by atoms with Gasteiger partial charge in [-0.05, 0) is 29.9 Å². The summed E-state index contributed by atoms with van der Waals surface area (Å²) in [6, 6.07) is 0. The molecule has 2 aromatic heterocycles. The van der Waals surface area contributed by atoms with Crippen molar-refractivity contribution in [1.82, 2.24) is 24.8 Å². The van der Waals surface area contributed by atoms with Gasteiger partial charge >= 0.3 is 0 Å². The van der Waals surface area contributed by atoms with Crippen LogP contribution in [-0.4, -0.2) is 62.8 Å². The first-order valence-electron chi connectivity index (χ1n) is 9.30. The van der Waals surface area contributed by atoms with Crippen molar-refractivity contribution in [3.05, 3.63) is 16.2 Å². The fraction of sp³-hybridized carbons (Fsp3) is 0.500. The molecule has 3 aliphatic rings. The molecule has 5 rings (SSSR count). The van der Waals surface area contributed by atoms with Gasteiger partial charge in [-0.25, -0.2) is 19.9 Å². The summed E-state index contributed by atoms with van der Waals surface area (Å²) in [5.74, 6) is 2.44. The minimum Gasteiger partial charge on any atom is -0.378 e. The van der Waals surface area contributed by atoms with Crippen molar-refractivity contribution in [2.45, 2.75) is 19.4 Å². The number of morpholine rings is 1. The molecular formula is C18H22IN7O. The lowest BCUT2D eigenvalue weighted by atomic mass is 10.3. The van der Waals surface area contributed by atoms with Crippen LogP contribution in [0.25, 0.3) is 16.7 Å². The molecule has 4 heterocycles. The molecule has 27 heavy (non-hydrogen) atoms. The summed E-state index contributed by atoms with van der Waals surface area (Å²) in [4.78, 5) is 21.3. The summed E-state index contributed by atoms with van der Waals surface area (Å²) in [5, 5.41) is 3.15. The van der Waals surface area contributed by atoms with E-state index in [9.17, 15) is 0 Å². The van der Waals surface area contributed by atoms with Crippen molar-refractivity contribution < 1.29 is 4.74 Å². The number of fused-ring (bicyclic) bond motifs is 1. The fourth-order valence-corrected chi connectivity index (χ4v) is 4.97. The minimum atomic E-state index is -0.278. The van der Waals surface area contributed by atoms with Gasteiger partial charge in [0.05, 0.1) is 19.5 Å². The maximum absolute atomic E-state index is 5.52. The number of halogens is 1.